The van der Waals surface area contributed by atoms with E-state index in [2.05, 4.69) is 5.32 Å². The number of aromatic carboxylic acids is 1. The highest BCUT2D eigenvalue weighted by Crippen LogP contribution is 2.28. The molecule has 0 saturated heterocycles. The van der Waals surface area contributed by atoms with Crippen LogP contribution in [-0.4, -0.2) is 28.5 Å². The van der Waals surface area contributed by atoms with Crippen LogP contribution in [0, 0.1) is 24.0 Å². The molecule has 0 radical (unpaired) electrons. The molecule has 8 nitrogen and oxygen atoms in total. The van der Waals surface area contributed by atoms with Crippen LogP contribution in [0.25, 0.3) is 0 Å². The van der Waals surface area contributed by atoms with Gasteiger partial charge in [-0.2, -0.15) is 0 Å². The van der Waals surface area contributed by atoms with Crippen molar-refractivity contribution in [3.63, 3.8) is 0 Å². The maximum absolute atomic E-state index is 12.0. The molecule has 0 atom stereocenters. The minimum Gasteiger partial charge on any atom is -0.478 e. The number of nitrogens with one attached hydrogen (secondary N) is 1. The van der Waals surface area contributed by atoms with Crippen LogP contribution < -0.4 is 10.1 Å². The van der Waals surface area contributed by atoms with Crippen molar-refractivity contribution in [2.75, 3.05) is 11.9 Å². The SMILES string of the molecule is Cc1cc(C)cc(NC(=O)COc2ccc(C(=O)O)cc2[N+](=O)[O-])c1. The summed E-state index contributed by atoms with van der Waals surface area (Å²) < 4.78 is 5.18. The molecule has 0 fully saturated rings. The van der Waals surface area contributed by atoms with Crippen LogP contribution in [0.5, 0.6) is 5.75 Å². The molecule has 0 spiro atoms. The summed E-state index contributed by atoms with van der Waals surface area (Å²) >= 11 is 0. The first kappa shape index (κ1) is 17.9. The van der Waals surface area contributed by atoms with E-state index in [1.807, 2.05) is 19.9 Å². The van der Waals surface area contributed by atoms with E-state index in [0.717, 1.165) is 23.3 Å². The van der Waals surface area contributed by atoms with Crippen molar-refractivity contribution in [3.8, 4) is 5.75 Å². The van der Waals surface area contributed by atoms with Crippen LogP contribution in [0.1, 0.15) is 21.5 Å². The molecule has 0 aromatic heterocycles. The Morgan fingerprint density at radius 1 is 1.16 bits per heavy atom. The highest BCUT2D eigenvalue weighted by Gasteiger charge is 2.19. The molecular weight excluding hydrogens is 328 g/mol. The molecule has 0 bridgehead atoms. The molecular formula is C17H16N2O6. The summed E-state index contributed by atoms with van der Waals surface area (Å²) in [6.45, 7) is 3.35. The Balaban J connectivity index is 2.08. The Labute approximate surface area is 143 Å². The predicted octanol–water partition coefficient (Wildman–Crippen LogP) is 2.93. The zero-order valence-electron chi connectivity index (χ0n) is 13.6. The number of amides is 1. The highest BCUT2D eigenvalue weighted by atomic mass is 16.6. The predicted molar refractivity (Wildman–Crippen MR) is 90.1 cm³/mol. The first-order valence-electron chi connectivity index (χ1n) is 7.29. The van der Waals surface area contributed by atoms with E-state index in [1.54, 1.807) is 12.1 Å². The Bertz CT molecular complexity index is 827. The molecule has 0 saturated carbocycles. The Morgan fingerprint density at radius 2 is 1.80 bits per heavy atom. The number of carbonyl (C=O) groups is 2. The number of aryl methyl sites for hydroxylation is 2. The zero-order valence-corrected chi connectivity index (χ0v) is 13.6. The second kappa shape index (κ2) is 7.43. The van der Waals surface area contributed by atoms with Gasteiger partial charge in [0.2, 0.25) is 0 Å². The lowest BCUT2D eigenvalue weighted by Gasteiger charge is -2.09. The van der Waals surface area contributed by atoms with Gasteiger partial charge in [0.15, 0.2) is 12.4 Å². The van der Waals surface area contributed by atoms with Gasteiger partial charge in [0.1, 0.15) is 0 Å². The Kier molecular flexibility index (Phi) is 5.33. The number of carboxylic acid groups (broad SMARTS) is 1. The molecule has 25 heavy (non-hydrogen) atoms. The lowest BCUT2D eigenvalue weighted by Crippen LogP contribution is -2.20. The van der Waals surface area contributed by atoms with Crippen molar-refractivity contribution < 1.29 is 24.4 Å². The van der Waals surface area contributed by atoms with Crippen LogP contribution in [0.3, 0.4) is 0 Å². The molecule has 130 valence electrons. The number of hydrogen-bond acceptors (Lipinski definition) is 5. The normalized spacial score (nSPS) is 10.2. The van der Waals surface area contributed by atoms with E-state index in [-0.39, 0.29) is 11.3 Å². The molecule has 0 aliphatic carbocycles. The largest absolute Gasteiger partial charge is 0.478 e. The van der Waals surface area contributed by atoms with Gasteiger partial charge in [-0.05, 0) is 49.2 Å². The molecule has 2 rings (SSSR count). The van der Waals surface area contributed by atoms with E-state index in [0.29, 0.717) is 5.69 Å². The average Bonchev–Trinajstić information content (AvgIpc) is 2.51. The third kappa shape index (κ3) is 4.77. The number of ether oxygens (including phenoxy) is 1. The number of hydrogen-bond donors (Lipinski definition) is 2. The minimum atomic E-state index is -1.29. The Morgan fingerprint density at radius 3 is 2.36 bits per heavy atom. The van der Waals surface area contributed by atoms with Gasteiger partial charge in [-0.3, -0.25) is 14.9 Å². The molecule has 0 aliphatic heterocycles. The summed E-state index contributed by atoms with van der Waals surface area (Å²) in [4.78, 5) is 33.1. The number of nitro groups is 1. The van der Waals surface area contributed by atoms with Crippen LogP contribution in [0.4, 0.5) is 11.4 Å². The molecule has 0 aliphatic rings. The van der Waals surface area contributed by atoms with Crippen molar-refractivity contribution in [1.29, 1.82) is 0 Å². The van der Waals surface area contributed by atoms with Crippen LogP contribution >= 0.6 is 0 Å². The smallest absolute Gasteiger partial charge is 0.335 e. The lowest BCUT2D eigenvalue weighted by molar-refractivity contribution is -0.385. The molecule has 0 unspecified atom stereocenters. The topological polar surface area (TPSA) is 119 Å². The van der Waals surface area contributed by atoms with Crippen LogP contribution in [0.2, 0.25) is 0 Å². The van der Waals surface area contributed by atoms with E-state index in [1.165, 1.54) is 6.07 Å². The van der Waals surface area contributed by atoms with Gasteiger partial charge >= 0.3 is 11.7 Å². The quantitative estimate of drug-likeness (QED) is 0.614. The number of benzene rings is 2. The van der Waals surface area contributed by atoms with Crippen molar-refractivity contribution in [2.45, 2.75) is 13.8 Å². The number of rotatable bonds is 6. The second-order valence-electron chi connectivity index (χ2n) is 5.46. The van der Waals surface area contributed by atoms with Crippen LogP contribution in [-0.2, 0) is 4.79 Å². The number of carboxylic acids is 1. The number of nitro benzene ring substituents is 1. The average molecular weight is 344 g/mol. The van der Waals surface area contributed by atoms with Gasteiger partial charge in [-0.15, -0.1) is 0 Å². The summed E-state index contributed by atoms with van der Waals surface area (Å²) in [7, 11) is 0. The van der Waals surface area contributed by atoms with Gasteiger partial charge in [-0.1, -0.05) is 6.07 Å². The van der Waals surface area contributed by atoms with Gasteiger partial charge in [0.25, 0.3) is 5.91 Å². The van der Waals surface area contributed by atoms with Crippen molar-refractivity contribution in [2.24, 2.45) is 0 Å². The molecule has 0 heterocycles. The second-order valence-corrected chi connectivity index (χ2v) is 5.46. The van der Waals surface area contributed by atoms with Crippen molar-refractivity contribution in [1.82, 2.24) is 0 Å². The molecule has 2 aromatic carbocycles. The Hall–Kier alpha value is -3.42. The molecule has 2 aromatic rings. The molecule has 2 N–H and O–H groups in total. The summed E-state index contributed by atoms with van der Waals surface area (Å²) in [5.41, 5.74) is 1.81. The number of nitrogens with zero attached hydrogens (tertiary/aromatic N) is 1. The zero-order chi connectivity index (χ0) is 18.6. The van der Waals surface area contributed by atoms with E-state index in [9.17, 15) is 19.7 Å². The van der Waals surface area contributed by atoms with Gasteiger partial charge < -0.3 is 15.2 Å². The number of anilines is 1. The summed E-state index contributed by atoms with van der Waals surface area (Å²) in [5.74, 6) is -1.95. The summed E-state index contributed by atoms with van der Waals surface area (Å²) in [5, 5.41) is 22.6. The third-order valence-electron chi connectivity index (χ3n) is 3.27. The fraction of sp³-hybridized carbons (Fsp3) is 0.176. The fourth-order valence-corrected chi connectivity index (χ4v) is 2.30. The van der Waals surface area contributed by atoms with Gasteiger partial charge in [-0.25, -0.2) is 4.79 Å². The molecule has 1 amide bonds. The maximum Gasteiger partial charge on any atom is 0.335 e. The number of carbonyl (C=O) groups excluding carboxylic acids is 1. The van der Waals surface area contributed by atoms with E-state index < -0.39 is 29.1 Å². The van der Waals surface area contributed by atoms with Crippen molar-refractivity contribution in [3.05, 3.63) is 63.2 Å². The highest BCUT2D eigenvalue weighted by molar-refractivity contribution is 5.92. The van der Waals surface area contributed by atoms with Gasteiger partial charge in [0, 0.05) is 11.8 Å². The standard InChI is InChI=1S/C17H16N2O6/c1-10-5-11(2)7-13(6-10)18-16(20)9-25-15-4-3-12(17(21)22)8-14(15)19(23)24/h3-8H,9H2,1-2H3,(H,18,20)(H,21,22). The molecule has 8 heteroatoms. The van der Waals surface area contributed by atoms with Crippen molar-refractivity contribution >= 4 is 23.3 Å². The van der Waals surface area contributed by atoms with E-state index >= 15 is 0 Å². The van der Waals surface area contributed by atoms with Gasteiger partial charge in [0.05, 0.1) is 10.5 Å². The summed E-state index contributed by atoms with van der Waals surface area (Å²) in [6, 6.07) is 8.75. The van der Waals surface area contributed by atoms with Crippen LogP contribution in [0.15, 0.2) is 36.4 Å². The minimum absolute atomic E-state index is 0.175. The van der Waals surface area contributed by atoms with E-state index in [4.69, 9.17) is 9.84 Å². The lowest BCUT2D eigenvalue weighted by atomic mass is 10.1. The first-order valence-corrected chi connectivity index (χ1v) is 7.29. The monoisotopic (exact) mass is 344 g/mol. The maximum atomic E-state index is 12.0. The third-order valence-corrected chi connectivity index (χ3v) is 3.27. The summed E-state index contributed by atoms with van der Waals surface area (Å²) in [6.07, 6.45) is 0. The fourth-order valence-electron chi connectivity index (χ4n) is 2.30. The first-order chi connectivity index (χ1) is 11.8.